The first-order chi connectivity index (χ1) is 8.25. The van der Waals surface area contributed by atoms with Gasteiger partial charge in [-0.3, -0.25) is 9.59 Å². The topological polar surface area (TPSA) is 37.4 Å². The lowest BCUT2D eigenvalue weighted by atomic mass is 9.78. The molecule has 1 aliphatic carbocycles. The quantitative estimate of drug-likeness (QED) is 0.737. The number of piperidine rings is 2. The van der Waals surface area contributed by atoms with E-state index >= 15 is 0 Å². The predicted molar refractivity (Wildman–Crippen MR) is 63.6 cm³/mol. The van der Waals surface area contributed by atoms with E-state index in [9.17, 15) is 9.59 Å². The monoisotopic (exact) mass is 229 g/mol. The molecule has 3 nitrogen and oxygen atoms in total. The second kappa shape index (κ2) is 3.99. The Labute approximate surface area is 100 Å². The molecule has 2 heterocycles. The van der Waals surface area contributed by atoms with Crippen LogP contribution in [0.3, 0.4) is 0 Å². The number of benzene rings is 1. The van der Waals surface area contributed by atoms with Gasteiger partial charge in [-0.15, -0.1) is 0 Å². The summed E-state index contributed by atoms with van der Waals surface area (Å²) in [5.74, 6) is 0.513. The Hall–Kier alpha value is -1.64. The molecule has 88 valence electrons. The van der Waals surface area contributed by atoms with Gasteiger partial charge >= 0.3 is 0 Å². The molecule has 0 radical (unpaired) electrons. The first-order valence-electron chi connectivity index (χ1n) is 6.14. The van der Waals surface area contributed by atoms with Gasteiger partial charge in [-0.1, -0.05) is 18.2 Å². The van der Waals surface area contributed by atoms with Gasteiger partial charge in [0.1, 0.15) is 5.78 Å². The molecule has 2 bridgehead atoms. The Morgan fingerprint density at radius 3 is 2.53 bits per heavy atom. The summed E-state index contributed by atoms with van der Waals surface area (Å²) in [5, 5.41) is 0. The summed E-state index contributed by atoms with van der Waals surface area (Å²) in [6, 6.07) is 9.48. The number of carbonyl (C=O) groups excluding carboxylic acids is 2. The molecule has 17 heavy (non-hydrogen) atoms. The van der Waals surface area contributed by atoms with Gasteiger partial charge in [0, 0.05) is 30.5 Å². The Bertz CT molecular complexity index is 455. The van der Waals surface area contributed by atoms with Crippen molar-refractivity contribution in [1.29, 1.82) is 0 Å². The van der Waals surface area contributed by atoms with Gasteiger partial charge in [0.2, 0.25) is 0 Å². The average Bonchev–Trinajstić information content (AvgIpc) is 2.39. The van der Waals surface area contributed by atoms with Crippen LogP contribution < -0.4 is 0 Å². The van der Waals surface area contributed by atoms with Crippen LogP contribution in [0.1, 0.15) is 29.6 Å². The molecule has 1 aromatic rings. The van der Waals surface area contributed by atoms with Crippen molar-refractivity contribution >= 4 is 11.7 Å². The number of fused-ring (bicyclic) bond motifs is 3. The van der Waals surface area contributed by atoms with Crippen molar-refractivity contribution < 1.29 is 9.59 Å². The molecule has 4 rings (SSSR count). The smallest absolute Gasteiger partial charge is 0.254 e. The molecule has 0 aromatic heterocycles. The number of nitrogens with zero attached hydrogens (tertiary/aromatic N) is 1. The molecule has 2 saturated heterocycles. The summed E-state index contributed by atoms with van der Waals surface area (Å²) < 4.78 is 0. The molecule has 2 unspecified atom stereocenters. The molecular formula is C14H15NO2. The summed E-state index contributed by atoms with van der Waals surface area (Å²) in [6.45, 7) is 0.622. The molecule has 3 heteroatoms. The summed E-state index contributed by atoms with van der Waals surface area (Å²) in [6.07, 6.45) is 2.50. The van der Waals surface area contributed by atoms with Gasteiger partial charge in [0.05, 0.1) is 0 Å². The third kappa shape index (κ3) is 1.75. The zero-order valence-corrected chi connectivity index (χ0v) is 9.63. The van der Waals surface area contributed by atoms with E-state index in [-0.39, 0.29) is 17.9 Å². The number of rotatable bonds is 1. The highest BCUT2D eigenvalue weighted by molar-refractivity contribution is 5.96. The maximum absolute atomic E-state index is 12.3. The SMILES string of the molecule is O=C1CC2CCC1CN2C(=O)c1ccccc1. The molecule has 3 aliphatic rings. The summed E-state index contributed by atoms with van der Waals surface area (Å²) in [5.41, 5.74) is 0.729. The maximum atomic E-state index is 12.3. The average molecular weight is 229 g/mol. The third-order valence-corrected chi connectivity index (χ3v) is 3.88. The number of hydrogen-bond donors (Lipinski definition) is 0. The molecular weight excluding hydrogens is 214 g/mol. The summed E-state index contributed by atoms with van der Waals surface area (Å²) in [4.78, 5) is 25.8. The van der Waals surface area contributed by atoms with Crippen LogP contribution in [0.4, 0.5) is 0 Å². The number of ketones is 1. The zero-order valence-electron chi connectivity index (χ0n) is 9.63. The highest BCUT2D eigenvalue weighted by atomic mass is 16.2. The fourth-order valence-corrected chi connectivity index (χ4v) is 2.90. The Morgan fingerprint density at radius 2 is 1.94 bits per heavy atom. The molecule has 3 fully saturated rings. The van der Waals surface area contributed by atoms with E-state index in [1.54, 1.807) is 0 Å². The molecule has 1 aromatic carbocycles. The van der Waals surface area contributed by atoms with E-state index in [1.807, 2.05) is 35.2 Å². The van der Waals surface area contributed by atoms with Gasteiger partial charge in [0.25, 0.3) is 5.91 Å². The number of carbonyl (C=O) groups is 2. The summed E-state index contributed by atoms with van der Waals surface area (Å²) >= 11 is 0. The van der Waals surface area contributed by atoms with Crippen molar-refractivity contribution in [3.8, 4) is 0 Å². The lowest BCUT2D eigenvalue weighted by Crippen LogP contribution is -2.54. The molecule has 0 N–H and O–H groups in total. The lowest BCUT2D eigenvalue weighted by molar-refractivity contribution is -0.130. The van der Waals surface area contributed by atoms with Gasteiger partial charge in [0.15, 0.2) is 0 Å². The van der Waals surface area contributed by atoms with Crippen LogP contribution in [0.15, 0.2) is 30.3 Å². The molecule has 1 saturated carbocycles. The molecule has 0 spiro atoms. The number of amides is 1. The van der Waals surface area contributed by atoms with E-state index < -0.39 is 0 Å². The molecule has 2 aliphatic heterocycles. The molecule has 2 atom stereocenters. The third-order valence-electron chi connectivity index (χ3n) is 3.88. The van der Waals surface area contributed by atoms with Crippen LogP contribution in [-0.4, -0.2) is 29.2 Å². The van der Waals surface area contributed by atoms with Crippen molar-refractivity contribution in [3.63, 3.8) is 0 Å². The van der Waals surface area contributed by atoms with Crippen molar-refractivity contribution in [2.45, 2.75) is 25.3 Å². The van der Waals surface area contributed by atoms with Crippen LogP contribution >= 0.6 is 0 Å². The Balaban J connectivity index is 1.82. The van der Waals surface area contributed by atoms with Crippen LogP contribution in [0, 0.1) is 5.92 Å². The van der Waals surface area contributed by atoms with Crippen LogP contribution in [-0.2, 0) is 4.79 Å². The van der Waals surface area contributed by atoms with Gasteiger partial charge < -0.3 is 4.90 Å². The van der Waals surface area contributed by atoms with E-state index in [0.717, 1.165) is 18.4 Å². The van der Waals surface area contributed by atoms with Gasteiger partial charge in [-0.25, -0.2) is 0 Å². The van der Waals surface area contributed by atoms with E-state index in [2.05, 4.69) is 0 Å². The van der Waals surface area contributed by atoms with Crippen LogP contribution in [0.2, 0.25) is 0 Å². The van der Waals surface area contributed by atoms with Crippen LogP contribution in [0.25, 0.3) is 0 Å². The zero-order chi connectivity index (χ0) is 11.8. The fourth-order valence-electron chi connectivity index (χ4n) is 2.90. The number of hydrogen-bond acceptors (Lipinski definition) is 2. The van der Waals surface area contributed by atoms with Crippen molar-refractivity contribution in [2.24, 2.45) is 5.92 Å². The minimum atomic E-state index is 0.0767. The lowest BCUT2D eigenvalue weighted by Gasteiger charge is -2.44. The van der Waals surface area contributed by atoms with E-state index in [1.165, 1.54) is 0 Å². The van der Waals surface area contributed by atoms with Crippen molar-refractivity contribution in [3.05, 3.63) is 35.9 Å². The van der Waals surface area contributed by atoms with Crippen molar-refractivity contribution in [1.82, 2.24) is 4.90 Å². The Morgan fingerprint density at radius 1 is 1.18 bits per heavy atom. The highest BCUT2D eigenvalue weighted by Gasteiger charge is 2.41. The minimum Gasteiger partial charge on any atom is -0.334 e. The van der Waals surface area contributed by atoms with Crippen molar-refractivity contribution in [2.75, 3.05) is 6.54 Å². The van der Waals surface area contributed by atoms with E-state index in [0.29, 0.717) is 18.7 Å². The maximum Gasteiger partial charge on any atom is 0.254 e. The predicted octanol–water partition coefficient (Wildman–Crippen LogP) is 1.88. The second-order valence-electron chi connectivity index (χ2n) is 4.92. The number of Topliss-reactive ketones (excluding diaryl/α,β-unsaturated/α-hetero) is 1. The standard InChI is InChI=1S/C14H15NO2/c16-13-8-12-7-6-11(13)9-15(12)14(17)10-4-2-1-3-5-10/h1-5,11-12H,6-9H2. The van der Waals surface area contributed by atoms with Gasteiger partial charge in [-0.2, -0.15) is 0 Å². The normalized spacial score (nSPS) is 27.3. The van der Waals surface area contributed by atoms with Gasteiger partial charge in [-0.05, 0) is 25.0 Å². The highest BCUT2D eigenvalue weighted by Crippen LogP contribution is 2.33. The first kappa shape index (κ1) is 10.5. The first-order valence-corrected chi connectivity index (χ1v) is 6.14. The van der Waals surface area contributed by atoms with E-state index in [4.69, 9.17) is 0 Å². The molecule has 1 amide bonds. The fraction of sp³-hybridized carbons (Fsp3) is 0.429. The summed E-state index contributed by atoms with van der Waals surface area (Å²) in [7, 11) is 0. The Kier molecular flexibility index (Phi) is 2.46. The minimum absolute atomic E-state index is 0.0767. The second-order valence-corrected chi connectivity index (χ2v) is 4.92. The van der Waals surface area contributed by atoms with Crippen LogP contribution in [0.5, 0.6) is 0 Å². The largest absolute Gasteiger partial charge is 0.334 e.